The fraction of sp³-hybridized carbons (Fsp3) is 0.333. The van der Waals surface area contributed by atoms with E-state index >= 15 is 0 Å². The summed E-state index contributed by atoms with van der Waals surface area (Å²) in [6, 6.07) is 12.0. The first-order valence-corrected chi connectivity index (χ1v) is 8.96. The predicted molar refractivity (Wildman–Crippen MR) is 107 cm³/mol. The van der Waals surface area contributed by atoms with Gasteiger partial charge in [0, 0.05) is 6.07 Å². The number of methoxy groups -OCH3 is 3. The van der Waals surface area contributed by atoms with Crippen LogP contribution in [0.4, 0.5) is 5.69 Å². The Hall–Kier alpha value is -3.42. The van der Waals surface area contributed by atoms with Crippen LogP contribution >= 0.6 is 0 Å². The Kier molecular flexibility index (Phi) is 8.14. The number of amides is 1. The first kappa shape index (κ1) is 21.9. The minimum Gasteiger partial charge on any atom is -0.497 e. The molecule has 0 saturated heterocycles. The highest BCUT2D eigenvalue weighted by molar-refractivity contribution is 5.96. The van der Waals surface area contributed by atoms with Crippen molar-refractivity contribution in [2.75, 3.05) is 33.3 Å². The van der Waals surface area contributed by atoms with Gasteiger partial charge in [-0.2, -0.15) is 0 Å². The highest BCUT2D eigenvalue weighted by Crippen LogP contribution is 2.29. The molecule has 0 fully saturated rings. The number of esters is 1. The highest BCUT2D eigenvalue weighted by atomic mass is 16.6. The number of benzene rings is 2. The maximum absolute atomic E-state index is 12.3. The molecule has 0 radical (unpaired) electrons. The fourth-order valence-electron chi connectivity index (χ4n) is 2.38. The smallest absolute Gasteiger partial charge is 0.310 e. The van der Waals surface area contributed by atoms with Gasteiger partial charge in [0.05, 0.1) is 40.0 Å². The van der Waals surface area contributed by atoms with Crippen molar-refractivity contribution in [2.24, 2.45) is 0 Å². The Morgan fingerprint density at radius 2 is 1.52 bits per heavy atom. The van der Waals surface area contributed by atoms with Gasteiger partial charge in [-0.05, 0) is 43.3 Å². The summed E-state index contributed by atoms with van der Waals surface area (Å²) in [5.74, 6) is 1.31. The average Bonchev–Trinajstić information content (AvgIpc) is 2.74. The first-order chi connectivity index (χ1) is 14.0. The lowest BCUT2D eigenvalue weighted by molar-refractivity contribution is -0.153. The molecule has 0 aliphatic heterocycles. The highest BCUT2D eigenvalue weighted by Gasteiger charge is 2.19. The molecule has 1 amide bonds. The molecule has 8 heteroatoms. The molecule has 29 heavy (non-hydrogen) atoms. The summed E-state index contributed by atoms with van der Waals surface area (Å²) in [4.78, 5) is 24.3. The molecule has 0 aliphatic carbocycles. The second kappa shape index (κ2) is 10.8. The SMILES string of the molecule is COc1ccc(OCCC(=O)OC(C)C(=O)Nc2cc(OC)ccc2OC)cc1. The van der Waals surface area contributed by atoms with Crippen molar-refractivity contribution >= 4 is 17.6 Å². The van der Waals surface area contributed by atoms with Crippen LogP contribution in [0, 0.1) is 0 Å². The summed E-state index contributed by atoms with van der Waals surface area (Å²) in [6.45, 7) is 1.62. The van der Waals surface area contributed by atoms with E-state index in [4.69, 9.17) is 23.7 Å². The van der Waals surface area contributed by atoms with Gasteiger partial charge < -0.3 is 29.0 Å². The number of rotatable bonds is 10. The van der Waals surface area contributed by atoms with Crippen LogP contribution in [0.15, 0.2) is 42.5 Å². The number of hydrogen-bond donors (Lipinski definition) is 1. The standard InChI is InChI=1S/C21H25NO7/c1-14(21(24)22-18-13-17(26-3)9-10-19(18)27-4)29-20(23)11-12-28-16-7-5-15(25-2)6-8-16/h5-10,13-14H,11-12H2,1-4H3,(H,22,24). The zero-order valence-electron chi connectivity index (χ0n) is 16.9. The van der Waals surface area contributed by atoms with Gasteiger partial charge in [0.15, 0.2) is 6.10 Å². The van der Waals surface area contributed by atoms with E-state index in [-0.39, 0.29) is 13.0 Å². The Labute approximate surface area is 169 Å². The van der Waals surface area contributed by atoms with E-state index in [2.05, 4.69) is 5.32 Å². The molecule has 0 aliphatic rings. The zero-order valence-corrected chi connectivity index (χ0v) is 16.9. The zero-order chi connectivity index (χ0) is 21.2. The molecule has 1 unspecified atom stereocenters. The molecule has 2 aromatic rings. The topological polar surface area (TPSA) is 92.3 Å². The predicted octanol–water partition coefficient (Wildman–Crippen LogP) is 3.05. The maximum Gasteiger partial charge on any atom is 0.310 e. The molecule has 2 rings (SSSR count). The monoisotopic (exact) mass is 403 g/mol. The van der Waals surface area contributed by atoms with E-state index in [1.165, 1.54) is 21.1 Å². The van der Waals surface area contributed by atoms with Crippen LogP contribution in [-0.2, 0) is 14.3 Å². The molecule has 1 atom stereocenters. The van der Waals surface area contributed by atoms with E-state index in [0.717, 1.165) is 0 Å². The van der Waals surface area contributed by atoms with E-state index < -0.39 is 18.0 Å². The summed E-state index contributed by atoms with van der Waals surface area (Å²) < 4.78 is 26.1. The second-order valence-corrected chi connectivity index (χ2v) is 5.96. The van der Waals surface area contributed by atoms with E-state index in [1.54, 1.807) is 49.6 Å². The van der Waals surface area contributed by atoms with E-state index in [9.17, 15) is 9.59 Å². The number of carbonyl (C=O) groups is 2. The lowest BCUT2D eigenvalue weighted by Crippen LogP contribution is -2.30. The average molecular weight is 403 g/mol. The molecule has 0 bridgehead atoms. The molecule has 1 N–H and O–H groups in total. The molecule has 0 spiro atoms. The van der Waals surface area contributed by atoms with Gasteiger partial charge in [-0.3, -0.25) is 9.59 Å². The van der Waals surface area contributed by atoms with Gasteiger partial charge in [-0.1, -0.05) is 0 Å². The molecular weight excluding hydrogens is 378 g/mol. The quantitative estimate of drug-likeness (QED) is 0.610. The lowest BCUT2D eigenvalue weighted by Gasteiger charge is -2.16. The van der Waals surface area contributed by atoms with Crippen molar-refractivity contribution in [3.8, 4) is 23.0 Å². The third-order valence-electron chi connectivity index (χ3n) is 3.98. The van der Waals surface area contributed by atoms with E-state index in [1.807, 2.05) is 0 Å². The molecule has 156 valence electrons. The Balaban J connectivity index is 1.81. The first-order valence-electron chi connectivity index (χ1n) is 8.96. The number of carbonyl (C=O) groups excluding carboxylic acids is 2. The molecule has 2 aromatic carbocycles. The van der Waals surface area contributed by atoms with Crippen LogP contribution < -0.4 is 24.3 Å². The number of anilines is 1. The Morgan fingerprint density at radius 3 is 2.14 bits per heavy atom. The van der Waals surface area contributed by atoms with Gasteiger partial charge in [-0.25, -0.2) is 0 Å². The van der Waals surface area contributed by atoms with Gasteiger partial charge in [-0.15, -0.1) is 0 Å². The maximum atomic E-state index is 12.3. The van der Waals surface area contributed by atoms with Crippen LogP contribution in [0.5, 0.6) is 23.0 Å². The lowest BCUT2D eigenvalue weighted by atomic mass is 10.2. The molecule has 0 saturated carbocycles. The van der Waals surface area contributed by atoms with Gasteiger partial charge in [0.1, 0.15) is 23.0 Å². The largest absolute Gasteiger partial charge is 0.497 e. The minimum atomic E-state index is -0.987. The third kappa shape index (κ3) is 6.60. The van der Waals surface area contributed by atoms with Gasteiger partial charge in [0.25, 0.3) is 5.91 Å². The van der Waals surface area contributed by atoms with Crippen LogP contribution in [0.3, 0.4) is 0 Å². The Bertz CT molecular complexity index is 820. The van der Waals surface area contributed by atoms with Crippen LogP contribution in [-0.4, -0.2) is 45.9 Å². The molecule has 8 nitrogen and oxygen atoms in total. The number of ether oxygens (including phenoxy) is 5. The summed E-state index contributed by atoms with van der Waals surface area (Å²) in [6.07, 6.45) is -0.981. The fourth-order valence-corrected chi connectivity index (χ4v) is 2.38. The third-order valence-corrected chi connectivity index (χ3v) is 3.98. The minimum absolute atomic E-state index is 0.00608. The number of nitrogens with one attached hydrogen (secondary N) is 1. The van der Waals surface area contributed by atoms with Gasteiger partial charge >= 0.3 is 5.97 Å². The van der Waals surface area contributed by atoms with Crippen molar-refractivity contribution < 1.29 is 33.3 Å². The molecule has 0 heterocycles. The van der Waals surface area contributed by atoms with Gasteiger partial charge in [0.2, 0.25) is 0 Å². The summed E-state index contributed by atoms with van der Waals surface area (Å²) in [5, 5.41) is 2.67. The van der Waals surface area contributed by atoms with Crippen LogP contribution in [0.2, 0.25) is 0 Å². The van der Waals surface area contributed by atoms with Crippen molar-refractivity contribution in [1.29, 1.82) is 0 Å². The molecule has 0 aromatic heterocycles. The summed E-state index contributed by atoms with van der Waals surface area (Å²) >= 11 is 0. The van der Waals surface area contributed by atoms with E-state index in [0.29, 0.717) is 28.7 Å². The summed E-state index contributed by atoms with van der Waals surface area (Å²) in [5.41, 5.74) is 0.419. The molecular formula is C21H25NO7. The second-order valence-electron chi connectivity index (χ2n) is 5.96. The Morgan fingerprint density at radius 1 is 0.897 bits per heavy atom. The van der Waals surface area contributed by atoms with Crippen molar-refractivity contribution in [2.45, 2.75) is 19.4 Å². The normalized spacial score (nSPS) is 11.2. The van der Waals surface area contributed by atoms with Crippen LogP contribution in [0.25, 0.3) is 0 Å². The van der Waals surface area contributed by atoms with Crippen molar-refractivity contribution in [3.05, 3.63) is 42.5 Å². The number of hydrogen-bond acceptors (Lipinski definition) is 7. The van der Waals surface area contributed by atoms with Crippen molar-refractivity contribution in [1.82, 2.24) is 0 Å². The summed E-state index contributed by atoms with van der Waals surface area (Å²) in [7, 11) is 4.59. The van der Waals surface area contributed by atoms with Crippen LogP contribution in [0.1, 0.15) is 13.3 Å². The van der Waals surface area contributed by atoms with Crippen molar-refractivity contribution in [3.63, 3.8) is 0 Å².